The van der Waals surface area contributed by atoms with Gasteiger partial charge in [0.05, 0.1) is 11.8 Å². The smallest absolute Gasteiger partial charge is 0.298 e. The normalized spacial score (nSPS) is 25.8. The zero-order chi connectivity index (χ0) is 20.4. The highest BCUT2D eigenvalue weighted by Gasteiger charge is 2.42. The van der Waals surface area contributed by atoms with Crippen LogP contribution in [0.3, 0.4) is 0 Å². The van der Waals surface area contributed by atoms with Gasteiger partial charge in [-0.3, -0.25) is 9.80 Å². The Hall–Kier alpha value is -1.28. The standard InChI is InChI=1S/C20H26F6N2/c21-19(22,23)17-3-1-9-27(13-17)11-15-5-7-16(8-6-15)12-28-10-2-4-18(14-28)20(24,25)26/h5-8,17-18H,1-4,9-14H2. The molecule has 2 unspecified atom stereocenters. The van der Waals surface area contributed by atoms with Crippen LogP contribution in [0.15, 0.2) is 24.3 Å². The van der Waals surface area contributed by atoms with Crippen molar-refractivity contribution in [3.05, 3.63) is 35.4 Å². The first-order valence-corrected chi connectivity index (χ1v) is 9.77. The van der Waals surface area contributed by atoms with Gasteiger partial charge in [-0.25, -0.2) is 0 Å². The van der Waals surface area contributed by atoms with E-state index in [0.717, 1.165) is 11.1 Å². The first-order chi connectivity index (χ1) is 13.1. The van der Waals surface area contributed by atoms with Gasteiger partial charge in [0.15, 0.2) is 0 Å². The van der Waals surface area contributed by atoms with E-state index < -0.39 is 24.2 Å². The predicted octanol–water partition coefficient (Wildman–Crippen LogP) is 5.24. The third-order valence-electron chi connectivity index (χ3n) is 5.77. The molecule has 3 rings (SSSR count). The molecule has 0 aromatic heterocycles. The van der Waals surface area contributed by atoms with Crippen molar-refractivity contribution in [3.63, 3.8) is 0 Å². The van der Waals surface area contributed by atoms with Crippen LogP contribution in [0.25, 0.3) is 0 Å². The molecule has 0 radical (unpaired) electrons. The zero-order valence-electron chi connectivity index (χ0n) is 15.7. The van der Waals surface area contributed by atoms with Crippen molar-refractivity contribution in [1.29, 1.82) is 0 Å². The van der Waals surface area contributed by atoms with Gasteiger partial charge in [-0.05, 0) is 49.9 Å². The summed E-state index contributed by atoms with van der Waals surface area (Å²) in [7, 11) is 0. The topological polar surface area (TPSA) is 6.48 Å². The van der Waals surface area contributed by atoms with E-state index in [1.165, 1.54) is 0 Å². The van der Waals surface area contributed by atoms with Gasteiger partial charge >= 0.3 is 12.4 Å². The number of alkyl halides is 6. The van der Waals surface area contributed by atoms with Gasteiger partial charge in [0.1, 0.15) is 0 Å². The quantitative estimate of drug-likeness (QED) is 0.629. The molecule has 1 aromatic carbocycles. The van der Waals surface area contributed by atoms with Gasteiger partial charge in [-0.2, -0.15) is 26.3 Å². The number of nitrogens with zero attached hydrogens (tertiary/aromatic N) is 2. The number of hydrogen-bond donors (Lipinski definition) is 0. The van der Waals surface area contributed by atoms with Crippen LogP contribution in [-0.2, 0) is 13.1 Å². The summed E-state index contributed by atoms with van der Waals surface area (Å²) in [5, 5.41) is 0. The monoisotopic (exact) mass is 408 g/mol. The van der Waals surface area contributed by atoms with Crippen molar-refractivity contribution in [2.45, 2.75) is 51.1 Å². The van der Waals surface area contributed by atoms with Gasteiger partial charge in [0.25, 0.3) is 0 Å². The molecule has 0 spiro atoms. The van der Waals surface area contributed by atoms with E-state index in [1.54, 1.807) is 0 Å². The Morgan fingerprint density at radius 3 is 1.36 bits per heavy atom. The van der Waals surface area contributed by atoms with Crippen molar-refractivity contribution < 1.29 is 26.3 Å². The molecule has 2 aliphatic rings. The maximum atomic E-state index is 12.9. The van der Waals surface area contributed by atoms with Crippen LogP contribution in [0.5, 0.6) is 0 Å². The molecule has 158 valence electrons. The third kappa shape index (κ3) is 5.86. The number of halogens is 6. The minimum absolute atomic E-state index is 0.0257. The molecular formula is C20H26F6N2. The molecule has 8 heteroatoms. The van der Waals surface area contributed by atoms with Gasteiger partial charge in [0, 0.05) is 26.2 Å². The Bertz CT molecular complexity index is 570. The number of benzene rings is 1. The SMILES string of the molecule is FC(F)(F)C1CCCN(Cc2ccc(CN3CCCC(C(F)(F)F)C3)cc2)C1. The second-order valence-corrected chi connectivity index (χ2v) is 8.05. The lowest BCUT2D eigenvalue weighted by atomic mass is 9.96. The van der Waals surface area contributed by atoms with Crippen LogP contribution in [0.4, 0.5) is 26.3 Å². The second kappa shape index (κ2) is 8.61. The molecule has 2 atom stereocenters. The molecule has 0 saturated carbocycles. The summed E-state index contributed by atoms with van der Waals surface area (Å²) in [6, 6.07) is 7.49. The highest BCUT2D eigenvalue weighted by atomic mass is 19.4. The second-order valence-electron chi connectivity index (χ2n) is 8.05. The van der Waals surface area contributed by atoms with Crippen molar-refractivity contribution in [2.75, 3.05) is 26.2 Å². The summed E-state index contributed by atoms with van der Waals surface area (Å²) in [4.78, 5) is 3.66. The Morgan fingerprint density at radius 1 is 0.679 bits per heavy atom. The lowest BCUT2D eigenvalue weighted by Crippen LogP contribution is -2.41. The van der Waals surface area contributed by atoms with E-state index in [1.807, 2.05) is 34.1 Å². The molecule has 0 bridgehead atoms. The summed E-state index contributed by atoms with van der Waals surface area (Å²) in [5.74, 6) is -2.53. The number of likely N-dealkylation sites (tertiary alicyclic amines) is 2. The first-order valence-electron chi connectivity index (χ1n) is 9.77. The number of rotatable bonds is 4. The minimum atomic E-state index is -4.15. The van der Waals surface area contributed by atoms with E-state index in [4.69, 9.17) is 0 Å². The molecule has 1 aromatic rings. The van der Waals surface area contributed by atoms with Crippen molar-refractivity contribution in [2.24, 2.45) is 11.8 Å². The van der Waals surface area contributed by atoms with Gasteiger partial charge in [-0.15, -0.1) is 0 Å². The van der Waals surface area contributed by atoms with E-state index in [2.05, 4.69) is 0 Å². The Balaban J connectivity index is 1.52. The van der Waals surface area contributed by atoms with Gasteiger partial charge in [0.2, 0.25) is 0 Å². The van der Waals surface area contributed by atoms with Gasteiger partial charge < -0.3 is 0 Å². The average Bonchev–Trinajstić information content (AvgIpc) is 2.62. The molecule has 2 aliphatic heterocycles. The lowest BCUT2D eigenvalue weighted by molar-refractivity contribution is -0.187. The summed E-state index contributed by atoms with van der Waals surface area (Å²) in [6.45, 7) is 2.29. The van der Waals surface area contributed by atoms with Crippen LogP contribution in [0.2, 0.25) is 0 Å². The fourth-order valence-corrected chi connectivity index (χ4v) is 4.20. The van der Waals surface area contributed by atoms with E-state index in [9.17, 15) is 26.3 Å². The summed E-state index contributed by atoms with van der Waals surface area (Å²) >= 11 is 0. The van der Waals surface area contributed by atoms with E-state index in [-0.39, 0.29) is 25.9 Å². The molecule has 0 amide bonds. The summed E-state index contributed by atoms with van der Waals surface area (Å²) in [5.41, 5.74) is 1.86. The fraction of sp³-hybridized carbons (Fsp3) is 0.700. The molecule has 2 nitrogen and oxygen atoms in total. The number of hydrogen-bond acceptors (Lipinski definition) is 2. The van der Waals surface area contributed by atoms with Crippen molar-refractivity contribution in [1.82, 2.24) is 9.80 Å². The highest BCUT2D eigenvalue weighted by Crippen LogP contribution is 2.34. The molecule has 0 aliphatic carbocycles. The van der Waals surface area contributed by atoms with Crippen LogP contribution in [0, 0.1) is 11.8 Å². The summed E-state index contributed by atoms with van der Waals surface area (Å²) in [6.07, 6.45) is -6.84. The molecular weight excluding hydrogens is 382 g/mol. The third-order valence-corrected chi connectivity index (χ3v) is 5.77. The van der Waals surface area contributed by atoms with Crippen molar-refractivity contribution in [3.8, 4) is 0 Å². The van der Waals surface area contributed by atoms with E-state index in [0.29, 0.717) is 39.0 Å². The van der Waals surface area contributed by atoms with E-state index >= 15 is 0 Å². The first kappa shape index (κ1) is 21.4. The zero-order valence-corrected chi connectivity index (χ0v) is 15.7. The predicted molar refractivity (Wildman–Crippen MR) is 94.6 cm³/mol. The molecule has 28 heavy (non-hydrogen) atoms. The molecule has 2 heterocycles. The largest absolute Gasteiger partial charge is 0.393 e. The fourth-order valence-electron chi connectivity index (χ4n) is 4.20. The van der Waals surface area contributed by atoms with Crippen LogP contribution < -0.4 is 0 Å². The minimum Gasteiger partial charge on any atom is -0.298 e. The Morgan fingerprint density at radius 2 is 1.04 bits per heavy atom. The van der Waals surface area contributed by atoms with Crippen LogP contribution >= 0.6 is 0 Å². The summed E-state index contributed by atoms with van der Waals surface area (Å²) < 4.78 is 77.6. The lowest BCUT2D eigenvalue weighted by Gasteiger charge is -2.34. The maximum absolute atomic E-state index is 12.9. The number of piperidine rings is 2. The molecule has 2 saturated heterocycles. The van der Waals surface area contributed by atoms with Gasteiger partial charge in [-0.1, -0.05) is 24.3 Å². The molecule has 0 N–H and O–H groups in total. The van der Waals surface area contributed by atoms with Crippen LogP contribution in [0.1, 0.15) is 36.8 Å². The average molecular weight is 408 g/mol. The van der Waals surface area contributed by atoms with Crippen LogP contribution in [-0.4, -0.2) is 48.3 Å². The highest BCUT2D eigenvalue weighted by molar-refractivity contribution is 5.22. The maximum Gasteiger partial charge on any atom is 0.393 e. The Kier molecular flexibility index (Phi) is 6.59. The van der Waals surface area contributed by atoms with Crippen molar-refractivity contribution >= 4 is 0 Å². The Labute approximate surface area is 161 Å². The molecule has 2 fully saturated rings.